The van der Waals surface area contributed by atoms with E-state index in [1.54, 1.807) is 0 Å². The molecule has 0 saturated carbocycles. The average molecular weight is 352 g/mol. The second-order valence-corrected chi connectivity index (χ2v) is 7.56. The number of benzene rings is 3. The fourth-order valence-corrected chi connectivity index (χ4v) is 4.59. The van der Waals surface area contributed by atoms with Crippen LogP contribution >= 0.6 is 0 Å². The van der Waals surface area contributed by atoms with E-state index in [2.05, 4.69) is 96.1 Å². The molecule has 134 valence electrons. The topological polar surface area (TPSA) is 27.8 Å². The van der Waals surface area contributed by atoms with Gasteiger partial charge >= 0.3 is 0 Å². The van der Waals surface area contributed by atoms with Crippen molar-refractivity contribution in [2.45, 2.75) is 31.7 Å². The Hall–Kier alpha value is -3.00. The first-order valence-corrected chi connectivity index (χ1v) is 9.78. The molecule has 5 rings (SSSR count). The number of hydrogen-bond donors (Lipinski definition) is 2. The third-order valence-electron chi connectivity index (χ3n) is 5.89. The van der Waals surface area contributed by atoms with Crippen LogP contribution in [-0.2, 0) is 6.42 Å². The van der Waals surface area contributed by atoms with E-state index in [4.69, 9.17) is 0 Å². The van der Waals surface area contributed by atoms with E-state index in [1.165, 1.54) is 39.0 Å². The summed E-state index contributed by atoms with van der Waals surface area (Å²) in [5.41, 5.74) is 8.04. The Balaban J connectivity index is 1.65. The van der Waals surface area contributed by atoms with Crippen molar-refractivity contribution in [3.63, 3.8) is 0 Å². The van der Waals surface area contributed by atoms with Crippen LogP contribution in [0.3, 0.4) is 0 Å². The normalized spacial score (nSPS) is 19.0. The van der Waals surface area contributed by atoms with Crippen LogP contribution in [-0.4, -0.2) is 11.0 Å². The third kappa shape index (κ3) is 2.82. The fraction of sp³-hybridized carbons (Fsp3) is 0.200. The number of hydrogen-bond acceptors (Lipinski definition) is 1. The predicted octanol–water partition coefficient (Wildman–Crippen LogP) is 6.04. The highest BCUT2D eigenvalue weighted by Gasteiger charge is 2.33. The number of aromatic amines is 1. The summed E-state index contributed by atoms with van der Waals surface area (Å²) in [5.74, 6) is 0.339. The molecule has 2 unspecified atom stereocenters. The van der Waals surface area contributed by atoms with Crippen LogP contribution in [0.2, 0.25) is 0 Å². The molecule has 0 spiro atoms. The Morgan fingerprint density at radius 3 is 2.44 bits per heavy atom. The van der Waals surface area contributed by atoms with Crippen molar-refractivity contribution >= 4 is 16.6 Å². The van der Waals surface area contributed by atoms with Gasteiger partial charge in [0.15, 0.2) is 0 Å². The van der Waals surface area contributed by atoms with E-state index in [0.717, 1.165) is 12.8 Å². The second-order valence-electron chi connectivity index (χ2n) is 7.56. The Kier molecular flexibility index (Phi) is 3.97. The first kappa shape index (κ1) is 16.2. The molecule has 27 heavy (non-hydrogen) atoms. The molecule has 3 aromatic carbocycles. The van der Waals surface area contributed by atoms with Crippen LogP contribution in [0.15, 0.2) is 78.9 Å². The number of anilines is 1. The Morgan fingerprint density at radius 1 is 0.852 bits per heavy atom. The fourth-order valence-electron chi connectivity index (χ4n) is 4.59. The summed E-state index contributed by atoms with van der Waals surface area (Å²) >= 11 is 0. The summed E-state index contributed by atoms with van der Waals surface area (Å²) in [6.45, 7) is 2.18. The lowest BCUT2D eigenvalue weighted by Gasteiger charge is -2.34. The number of para-hydroxylation sites is 2. The molecule has 0 fully saturated rings. The maximum atomic E-state index is 3.88. The van der Waals surface area contributed by atoms with Gasteiger partial charge in [0, 0.05) is 34.2 Å². The Labute approximate surface area is 160 Å². The summed E-state index contributed by atoms with van der Waals surface area (Å²) in [6.07, 6.45) is 2.20. The minimum atomic E-state index is 0.339. The van der Waals surface area contributed by atoms with Crippen LogP contribution in [0.25, 0.3) is 10.9 Å². The monoisotopic (exact) mass is 352 g/mol. The molecule has 1 heterocycles. The smallest absolute Gasteiger partial charge is 0.0459 e. The summed E-state index contributed by atoms with van der Waals surface area (Å²) < 4.78 is 0. The molecule has 0 bridgehead atoms. The lowest BCUT2D eigenvalue weighted by atomic mass is 9.77. The van der Waals surface area contributed by atoms with Crippen LogP contribution in [0, 0.1) is 6.92 Å². The van der Waals surface area contributed by atoms with Crippen molar-refractivity contribution in [3.05, 3.63) is 101 Å². The van der Waals surface area contributed by atoms with Gasteiger partial charge < -0.3 is 10.3 Å². The Bertz CT molecular complexity index is 1080. The molecule has 0 radical (unpaired) electrons. The average Bonchev–Trinajstić information content (AvgIpc) is 3.09. The van der Waals surface area contributed by atoms with Crippen molar-refractivity contribution in [1.82, 2.24) is 4.98 Å². The molecular formula is C25H24N2. The second kappa shape index (κ2) is 6.62. The van der Waals surface area contributed by atoms with Crippen LogP contribution < -0.4 is 5.32 Å². The number of fused-ring (bicyclic) bond motifs is 3. The molecule has 1 aliphatic carbocycles. The largest absolute Gasteiger partial charge is 0.381 e. The predicted molar refractivity (Wildman–Crippen MR) is 113 cm³/mol. The maximum absolute atomic E-state index is 3.88. The van der Waals surface area contributed by atoms with Crippen LogP contribution in [0.5, 0.6) is 0 Å². The summed E-state index contributed by atoms with van der Waals surface area (Å²) in [6, 6.07) is 28.7. The minimum absolute atomic E-state index is 0.339. The molecule has 0 saturated heterocycles. The van der Waals surface area contributed by atoms with Crippen molar-refractivity contribution in [3.8, 4) is 0 Å². The molecule has 2 atom stereocenters. The quantitative estimate of drug-likeness (QED) is 0.462. The zero-order chi connectivity index (χ0) is 18.2. The zero-order valence-electron chi connectivity index (χ0n) is 15.6. The summed E-state index contributed by atoms with van der Waals surface area (Å²) in [7, 11) is 0. The van der Waals surface area contributed by atoms with Crippen LogP contribution in [0.4, 0.5) is 5.69 Å². The third-order valence-corrected chi connectivity index (χ3v) is 5.89. The number of aryl methyl sites for hydroxylation is 2. The maximum Gasteiger partial charge on any atom is 0.0459 e. The van der Waals surface area contributed by atoms with E-state index in [1.807, 2.05) is 0 Å². The molecule has 2 nitrogen and oxygen atoms in total. The molecular weight excluding hydrogens is 328 g/mol. The van der Waals surface area contributed by atoms with Crippen molar-refractivity contribution < 1.29 is 0 Å². The number of nitrogens with one attached hydrogen (secondary N) is 2. The first-order valence-electron chi connectivity index (χ1n) is 9.78. The molecule has 2 N–H and O–H groups in total. The highest BCUT2D eigenvalue weighted by molar-refractivity contribution is 5.86. The van der Waals surface area contributed by atoms with Crippen molar-refractivity contribution in [2.24, 2.45) is 0 Å². The lowest BCUT2D eigenvalue weighted by molar-refractivity contribution is 0.548. The van der Waals surface area contributed by atoms with Gasteiger partial charge in [-0.25, -0.2) is 0 Å². The van der Waals surface area contributed by atoms with E-state index >= 15 is 0 Å². The lowest BCUT2D eigenvalue weighted by Crippen LogP contribution is -2.33. The van der Waals surface area contributed by atoms with E-state index in [-0.39, 0.29) is 0 Å². The van der Waals surface area contributed by atoms with Gasteiger partial charge in [-0.2, -0.15) is 0 Å². The number of H-pyrrole nitrogens is 1. The SMILES string of the molecule is Cc1ccccc1NC1CCc2[nH]c3ccccc3c2C1c1ccccc1. The Morgan fingerprint density at radius 2 is 1.59 bits per heavy atom. The van der Waals surface area contributed by atoms with Gasteiger partial charge in [0.1, 0.15) is 0 Å². The molecule has 0 amide bonds. The minimum Gasteiger partial charge on any atom is -0.381 e. The molecule has 1 aliphatic rings. The van der Waals surface area contributed by atoms with Gasteiger partial charge in [-0.1, -0.05) is 66.7 Å². The van der Waals surface area contributed by atoms with Gasteiger partial charge in [0.25, 0.3) is 0 Å². The highest BCUT2D eigenvalue weighted by atomic mass is 14.9. The van der Waals surface area contributed by atoms with E-state index in [9.17, 15) is 0 Å². The number of rotatable bonds is 3. The molecule has 4 aromatic rings. The van der Waals surface area contributed by atoms with Crippen LogP contribution in [0.1, 0.15) is 34.7 Å². The van der Waals surface area contributed by atoms with Gasteiger partial charge in [-0.15, -0.1) is 0 Å². The summed E-state index contributed by atoms with van der Waals surface area (Å²) in [4.78, 5) is 3.68. The van der Waals surface area contributed by atoms with E-state index < -0.39 is 0 Å². The first-order chi connectivity index (χ1) is 13.3. The zero-order valence-corrected chi connectivity index (χ0v) is 15.6. The van der Waals surface area contributed by atoms with Gasteiger partial charge in [0.2, 0.25) is 0 Å². The standard InChI is InChI=1S/C25H24N2/c1-17-9-5-7-13-20(17)26-22-15-16-23-25(19-12-6-8-14-21(19)27-23)24(22)18-10-3-2-4-11-18/h2-14,22,24,26-27H,15-16H2,1H3. The molecule has 2 heteroatoms. The molecule has 0 aliphatic heterocycles. The van der Waals surface area contributed by atoms with Crippen molar-refractivity contribution in [2.75, 3.05) is 5.32 Å². The van der Waals surface area contributed by atoms with Gasteiger partial charge in [-0.3, -0.25) is 0 Å². The van der Waals surface area contributed by atoms with Gasteiger partial charge in [0.05, 0.1) is 0 Å². The molecule has 1 aromatic heterocycles. The summed E-state index contributed by atoms with van der Waals surface area (Å²) in [5, 5.41) is 5.24. The van der Waals surface area contributed by atoms with Gasteiger partial charge in [-0.05, 0) is 48.6 Å². The number of aromatic nitrogens is 1. The highest BCUT2D eigenvalue weighted by Crippen LogP contribution is 2.42. The van der Waals surface area contributed by atoms with E-state index in [0.29, 0.717) is 12.0 Å². The van der Waals surface area contributed by atoms with Crippen molar-refractivity contribution in [1.29, 1.82) is 0 Å².